The molecule has 0 aromatic heterocycles. The van der Waals surface area contributed by atoms with Crippen LogP contribution in [0.2, 0.25) is 0 Å². The average Bonchev–Trinajstić information content (AvgIpc) is 2.83. The number of alkyl halides is 3. The van der Waals surface area contributed by atoms with E-state index in [1.54, 1.807) is 0 Å². The van der Waals surface area contributed by atoms with E-state index in [0.29, 0.717) is 9.79 Å². The second-order valence-corrected chi connectivity index (χ2v) is 13.0. The van der Waals surface area contributed by atoms with Gasteiger partial charge in [0.15, 0.2) is 0 Å². The Morgan fingerprint density at radius 2 is 1.08 bits per heavy atom. The third kappa shape index (κ3) is 4.93. The van der Waals surface area contributed by atoms with Crippen LogP contribution in [0.25, 0.3) is 0 Å². The molecule has 0 aliphatic heterocycles. The lowest BCUT2D eigenvalue weighted by Crippen LogP contribution is -2.20. The van der Waals surface area contributed by atoms with E-state index in [0.717, 1.165) is 45.9 Å². The molecule has 0 amide bonds. The molecule has 3 nitrogen and oxygen atoms in total. The molecule has 36 heavy (non-hydrogen) atoms. The highest BCUT2D eigenvalue weighted by molar-refractivity contribution is 8.32. The Labute approximate surface area is 211 Å². The molecule has 0 unspecified atom stereocenters. The maximum Gasteiger partial charge on any atom is 0.422 e. The zero-order valence-electron chi connectivity index (χ0n) is 20.0. The van der Waals surface area contributed by atoms with Crippen LogP contribution in [0.4, 0.5) is 13.2 Å². The number of hydrogen-bond acceptors (Lipinski definition) is 2. The van der Waals surface area contributed by atoms with Crippen LogP contribution < -0.4 is 0 Å². The zero-order chi connectivity index (χ0) is 26.1. The molecule has 188 valence electrons. The Hall–Kier alpha value is -3.07. The molecule has 4 aromatic carbocycles. The SMILES string of the molecule is Cc1cc(C)c(S([OH+]S(=O)(=O)c2ccc(C(F)(F)F)cc2)(c2ccccc2)c2ccccc2)c(C)c1. The number of benzene rings is 4. The standard InChI is InChI=1S/C28H25F3O3S2/c1-20-18-21(2)27(22(3)19-20)35(24-10-6-4-7-11-24,25-12-8-5-9-13-25)34-36(32,33)26-16-14-23(15-17-26)28(29,30)31/h4-19H,1-3H3/p+1. The molecule has 4 rings (SSSR count). The molecular weight excluding hydrogens is 505 g/mol. The van der Waals surface area contributed by atoms with Gasteiger partial charge in [-0.15, -0.1) is 8.42 Å². The number of rotatable bonds is 6. The van der Waals surface area contributed by atoms with Gasteiger partial charge in [0.1, 0.15) is 4.90 Å². The van der Waals surface area contributed by atoms with Crippen molar-refractivity contribution < 1.29 is 25.2 Å². The Kier molecular flexibility index (Phi) is 7.05. The first-order chi connectivity index (χ1) is 16.9. The summed E-state index contributed by atoms with van der Waals surface area (Å²) in [5.41, 5.74) is 1.90. The van der Waals surface area contributed by atoms with E-state index >= 15 is 0 Å². The highest BCUT2D eigenvalue weighted by Gasteiger charge is 2.45. The van der Waals surface area contributed by atoms with Gasteiger partial charge >= 0.3 is 16.3 Å². The number of aryl methyl sites for hydroxylation is 3. The Morgan fingerprint density at radius 3 is 1.50 bits per heavy atom. The van der Waals surface area contributed by atoms with Crippen LogP contribution in [-0.2, 0) is 16.3 Å². The van der Waals surface area contributed by atoms with E-state index in [2.05, 4.69) is 3.63 Å². The summed E-state index contributed by atoms with van der Waals surface area (Å²) in [6.07, 6.45) is -4.57. The van der Waals surface area contributed by atoms with Gasteiger partial charge in [-0.05, 0) is 80.4 Å². The summed E-state index contributed by atoms with van der Waals surface area (Å²) in [4.78, 5) is 1.92. The summed E-state index contributed by atoms with van der Waals surface area (Å²) in [6, 6.07) is 25.9. The minimum absolute atomic E-state index is 0.290. The van der Waals surface area contributed by atoms with Gasteiger partial charge in [0.2, 0.25) is 0 Å². The number of halogens is 3. The largest absolute Gasteiger partial charge is 0.422 e. The zero-order valence-corrected chi connectivity index (χ0v) is 21.6. The van der Waals surface area contributed by atoms with Gasteiger partial charge in [-0.25, -0.2) is 0 Å². The predicted octanol–water partition coefficient (Wildman–Crippen LogP) is 8.31. The van der Waals surface area contributed by atoms with Gasteiger partial charge in [-0.3, -0.25) is 3.63 Å². The van der Waals surface area contributed by atoms with Crippen LogP contribution in [0.5, 0.6) is 0 Å². The minimum atomic E-state index is -4.57. The molecule has 0 spiro atoms. The van der Waals surface area contributed by atoms with E-state index in [4.69, 9.17) is 0 Å². The molecule has 0 saturated heterocycles. The lowest BCUT2D eigenvalue weighted by molar-refractivity contribution is -0.137. The molecule has 8 heteroatoms. The van der Waals surface area contributed by atoms with Crippen molar-refractivity contribution in [1.29, 1.82) is 0 Å². The Balaban J connectivity index is 2.02. The van der Waals surface area contributed by atoms with Crippen molar-refractivity contribution in [3.63, 3.8) is 0 Å². The van der Waals surface area contributed by atoms with Gasteiger partial charge < -0.3 is 0 Å². The monoisotopic (exact) mass is 531 g/mol. The molecule has 0 saturated carbocycles. The molecule has 1 N–H and O–H groups in total. The van der Waals surface area contributed by atoms with Crippen LogP contribution in [0.3, 0.4) is 0 Å². The summed E-state index contributed by atoms with van der Waals surface area (Å²) < 4.78 is 71.5. The average molecular weight is 532 g/mol. The Morgan fingerprint density at radius 1 is 0.639 bits per heavy atom. The molecular formula is C28H26F3O3S2+. The highest BCUT2D eigenvalue weighted by atomic mass is 32.3. The topological polar surface area (TPSA) is 46.9 Å². The highest BCUT2D eigenvalue weighted by Crippen LogP contribution is 2.70. The summed E-state index contributed by atoms with van der Waals surface area (Å²) in [7, 11) is -7.11. The lowest BCUT2D eigenvalue weighted by Gasteiger charge is -2.37. The first-order valence-corrected chi connectivity index (χ1v) is 14.2. The smallest absolute Gasteiger partial charge is 0.258 e. The van der Waals surface area contributed by atoms with Crippen LogP contribution in [0.1, 0.15) is 22.3 Å². The molecule has 0 fully saturated rings. The first kappa shape index (κ1) is 26.0. The second-order valence-electron chi connectivity index (χ2n) is 8.51. The first-order valence-electron chi connectivity index (χ1n) is 11.1. The van der Waals surface area contributed by atoms with Crippen LogP contribution in [0, 0.1) is 20.8 Å². The van der Waals surface area contributed by atoms with Crippen molar-refractivity contribution in [2.45, 2.75) is 46.5 Å². The van der Waals surface area contributed by atoms with E-state index in [1.807, 2.05) is 93.6 Å². The maximum atomic E-state index is 13.8. The molecule has 0 atom stereocenters. The molecule has 4 aromatic rings. The van der Waals surface area contributed by atoms with Crippen molar-refractivity contribution in [2.75, 3.05) is 0 Å². The van der Waals surface area contributed by atoms with Gasteiger partial charge in [0, 0.05) is 0 Å². The molecule has 0 aliphatic rings. The van der Waals surface area contributed by atoms with E-state index in [1.165, 1.54) is 0 Å². The van der Waals surface area contributed by atoms with E-state index in [-0.39, 0.29) is 4.90 Å². The van der Waals surface area contributed by atoms with Gasteiger partial charge in [-0.2, -0.15) is 13.2 Å². The molecule has 0 aliphatic carbocycles. The van der Waals surface area contributed by atoms with Crippen LogP contribution in [-0.4, -0.2) is 12.0 Å². The molecule has 0 bridgehead atoms. The van der Waals surface area contributed by atoms with Crippen molar-refractivity contribution in [3.8, 4) is 0 Å². The third-order valence-corrected chi connectivity index (χ3v) is 11.4. The lowest BCUT2D eigenvalue weighted by atomic mass is 10.1. The van der Waals surface area contributed by atoms with E-state index in [9.17, 15) is 21.6 Å². The quantitative estimate of drug-likeness (QED) is 0.186. The fraction of sp³-hybridized carbons (Fsp3) is 0.143. The summed E-state index contributed by atoms with van der Waals surface area (Å²) in [5.74, 6) is 0. The van der Waals surface area contributed by atoms with Crippen molar-refractivity contribution in [2.24, 2.45) is 0 Å². The summed E-state index contributed by atoms with van der Waals surface area (Å²) in [6.45, 7) is 5.84. The fourth-order valence-electron chi connectivity index (χ4n) is 4.37. The van der Waals surface area contributed by atoms with Gasteiger partial charge in [0.05, 0.1) is 30.6 Å². The number of hydrogen-bond donors (Lipinski definition) is 0. The van der Waals surface area contributed by atoms with Crippen molar-refractivity contribution in [1.82, 2.24) is 0 Å². The summed E-state index contributed by atoms with van der Waals surface area (Å²) >= 11 is 0. The van der Waals surface area contributed by atoms with Gasteiger partial charge in [0.25, 0.3) is 0 Å². The third-order valence-electron chi connectivity index (χ3n) is 5.76. The Bertz CT molecular complexity index is 1400. The molecule has 0 heterocycles. The predicted molar refractivity (Wildman–Crippen MR) is 137 cm³/mol. The fourth-order valence-corrected chi connectivity index (χ4v) is 10.3. The maximum absolute atomic E-state index is 13.8. The molecule has 0 radical (unpaired) electrons. The van der Waals surface area contributed by atoms with Gasteiger partial charge in [-0.1, -0.05) is 54.1 Å². The van der Waals surface area contributed by atoms with Crippen molar-refractivity contribution in [3.05, 3.63) is 119 Å². The second kappa shape index (κ2) is 9.76. The van der Waals surface area contributed by atoms with Crippen LogP contribution >= 0.6 is 10.3 Å². The summed E-state index contributed by atoms with van der Waals surface area (Å²) in [5, 5.41) is 0. The minimum Gasteiger partial charge on any atom is -0.258 e. The van der Waals surface area contributed by atoms with Crippen LogP contribution in [0.15, 0.2) is 117 Å². The van der Waals surface area contributed by atoms with E-state index < -0.39 is 32.2 Å². The van der Waals surface area contributed by atoms with Crippen molar-refractivity contribution >= 4 is 20.4 Å². The normalized spacial score (nSPS) is 12.9.